The summed E-state index contributed by atoms with van der Waals surface area (Å²) < 4.78 is 23.6. The van der Waals surface area contributed by atoms with Crippen molar-refractivity contribution in [1.82, 2.24) is 25.1 Å². The van der Waals surface area contributed by atoms with E-state index in [0.717, 1.165) is 0 Å². The number of rotatable bonds is 4. The zero-order chi connectivity index (χ0) is 17.2. The molecule has 9 heteroatoms. The monoisotopic (exact) mass is 338 g/mol. The molecule has 124 valence electrons. The Labute approximate surface area is 140 Å². The van der Waals surface area contributed by atoms with Crippen LogP contribution in [0.2, 0.25) is 0 Å². The minimum absolute atomic E-state index is 0.0146. The summed E-state index contributed by atoms with van der Waals surface area (Å²) in [5, 5.41) is 3.83. The maximum atomic E-state index is 13.3. The van der Waals surface area contributed by atoms with E-state index in [0.29, 0.717) is 23.6 Å². The van der Waals surface area contributed by atoms with E-state index >= 15 is 0 Å². The van der Waals surface area contributed by atoms with Crippen molar-refractivity contribution in [1.29, 1.82) is 0 Å². The third-order valence-corrected chi connectivity index (χ3v) is 3.31. The zero-order valence-corrected chi connectivity index (χ0v) is 12.8. The van der Waals surface area contributed by atoms with Crippen LogP contribution in [0.5, 0.6) is 0 Å². The third-order valence-electron chi connectivity index (χ3n) is 3.31. The Hall–Kier alpha value is -3.62. The van der Waals surface area contributed by atoms with E-state index in [1.165, 1.54) is 18.4 Å². The van der Waals surface area contributed by atoms with Gasteiger partial charge in [-0.2, -0.15) is 15.0 Å². The predicted molar refractivity (Wildman–Crippen MR) is 84.4 cm³/mol. The number of furan rings is 1. The van der Waals surface area contributed by atoms with E-state index in [1.807, 2.05) is 0 Å². The van der Waals surface area contributed by atoms with Crippen LogP contribution in [-0.4, -0.2) is 25.1 Å². The molecule has 0 spiro atoms. The van der Waals surface area contributed by atoms with Crippen LogP contribution < -0.4 is 5.73 Å². The second-order valence-corrected chi connectivity index (χ2v) is 5.14. The highest BCUT2D eigenvalue weighted by Crippen LogP contribution is 2.21. The molecule has 2 N–H and O–H groups in total. The molecule has 0 aliphatic rings. The van der Waals surface area contributed by atoms with Crippen molar-refractivity contribution in [2.24, 2.45) is 0 Å². The van der Waals surface area contributed by atoms with Crippen molar-refractivity contribution in [2.45, 2.75) is 6.42 Å². The van der Waals surface area contributed by atoms with Gasteiger partial charge >= 0.3 is 0 Å². The van der Waals surface area contributed by atoms with Crippen LogP contribution in [0.25, 0.3) is 23.3 Å². The Bertz CT molecular complexity index is 1020. The van der Waals surface area contributed by atoms with Gasteiger partial charge in [0.1, 0.15) is 11.6 Å². The van der Waals surface area contributed by atoms with Crippen LogP contribution in [-0.2, 0) is 6.42 Å². The van der Waals surface area contributed by atoms with Gasteiger partial charge in [0, 0.05) is 6.42 Å². The normalized spacial score (nSPS) is 10.9. The number of halogens is 1. The third kappa shape index (κ3) is 3.20. The Balaban J connectivity index is 1.66. The summed E-state index contributed by atoms with van der Waals surface area (Å²) >= 11 is 0. The molecule has 0 aliphatic carbocycles. The first-order chi connectivity index (χ1) is 12.2. The van der Waals surface area contributed by atoms with Crippen molar-refractivity contribution in [3.8, 4) is 23.3 Å². The van der Waals surface area contributed by atoms with E-state index in [4.69, 9.17) is 14.7 Å². The van der Waals surface area contributed by atoms with Crippen LogP contribution in [0.3, 0.4) is 0 Å². The summed E-state index contributed by atoms with van der Waals surface area (Å²) in [5.74, 6) is 1.01. The molecule has 1 aromatic carbocycles. The molecule has 25 heavy (non-hydrogen) atoms. The SMILES string of the molecule is Nc1nc(Cc2cccc(F)c2)nc(-c2noc(-c3ccco3)n2)n1. The number of hydrogen-bond acceptors (Lipinski definition) is 8. The second kappa shape index (κ2) is 6.11. The quantitative estimate of drug-likeness (QED) is 0.603. The molecule has 3 heterocycles. The van der Waals surface area contributed by atoms with Crippen molar-refractivity contribution in [3.63, 3.8) is 0 Å². The highest BCUT2D eigenvalue weighted by molar-refractivity contribution is 5.50. The number of anilines is 1. The summed E-state index contributed by atoms with van der Waals surface area (Å²) in [6.45, 7) is 0. The molecule has 4 rings (SSSR count). The number of nitrogens with two attached hydrogens (primary N) is 1. The van der Waals surface area contributed by atoms with Gasteiger partial charge < -0.3 is 14.7 Å². The minimum atomic E-state index is -0.332. The lowest BCUT2D eigenvalue weighted by atomic mass is 10.1. The molecule has 8 nitrogen and oxygen atoms in total. The molecular weight excluding hydrogens is 327 g/mol. The average molecular weight is 338 g/mol. The smallest absolute Gasteiger partial charge is 0.294 e. The summed E-state index contributed by atoms with van der Waals surface area (Å²) in [4.78, 5) is 16.6. The highest BCUT2D eigenvalue weighted by atomic mass is 19.1. The number of benzene rings is 1. The lowest BCUT2D eigenvalue weighted by molar-refractivity contribution is 0.416. The van der Waals surface area contributed by atoms with Crippen LogP contribution >= 0.6 is 0 Å². The zero-order valence-electron chi connectivity index (χ0n) is 12.8. The van der Waals surface area contributed by atoms with E-state index < -0.39 is 0 Å². The van der Waals surface area contributed by atoms with Crippen LogP contribution in [0.4, 0.5) is 10.3 Å². The van der Waals surface area contributed by atoms with E-state index in [2.05, 4.69) is 25.1 Å². The fraction of sp³-hybridized carbons (Fsp3) is 0.0625. The molecule has 0 saturated heterocycles. The summed E-state index contributed by atoms with van der Waals surface area (Å²) in [6, 6.07) is 9.55. The van der Waals surface area contributed by atoms with Crippen molar-refractivity contribution < 1.29 is 13.3 Å². The summed E-state index contributed by atoms with van der Waals surface area (Å²) in [7, 11) is 0. The molecule has 0 unspecified atom stereocenters. The van der Waals surface area contributed by atoms with Gasteiger partial charge in [0.05, 0.1) is 6.26 Å². The molecule has 0 bridgehead atoms. The molecule has 0 fully saturated rings. The topological polar surface area (TPSA) is 117 Å². The Morgan fingerprint density at radius 1 is 1.00 bits per heavy atom. The molecular formula is C16H11FN6O2. The molecule has 0 saturated carbocycles. The maximum absolute atomic E-state index is 13.3. The van der Waals surface area contributed by atoms with Crippen LogP contribution in [0.1, 0.15) is 11.4 Å². The van der Waals surface area contributed by atoms with Gasteiger partial charge in [-0.3, -0.25) is 0 Å². The fourth-order valence-electron chi connectivity index (χ4n) is 2.26. The Morgan fingerprint density at radius 2 is 1.92 bits per heavy atom. The first-order valence-electron chi connectivity index (χ1n) is 7.30. The number of hydrogen-bond donors (Lipinski definition) is 1. The van der Waals surface area contributed by atoms with Crippen molar-refractivity contribution >= 4 is 5.95 Å². The number of aromatic nitrogens is 5. The first-order valence-corrected chi connectivity index (χ1v) is 7.30. The molecule has 3 aromatic heterocycles. The van der Waals surface area contributed by atoms with Gasteiger partial charge in [-0.25, -0.2) is 9.37 Å². The van der Waals surface area contributed by atoms with Crippen LogP contribution in [0.15, 0.2) is 51.6 Å². The Morgan fingerprint density at radius 3 is 2.72 bits per heavy atom. The summed E-state index contributed by atoms with van der Waals surface area (Å²) in [5.41, 5.74) is 6.45. The number of nitrogen functional groups attached to an aromatic ring is 1. The molecule has 0 amide bonds. The van der Waals surface area contributed by atoms with Gasteiger partial charge in [0.15, 0.2) is 5.76 Å². The van der Waals surface area contributed by atoms with Gasteiger partial charge in [0.2, 0.25) is 17.6 Å². The maximum Gasteiger partial charge on any atom is 0.294 e. The van der Waals surface area contributed by atoms with E-state index in [1.54, 1.807) is 24.3 Å². The van der Waals surface area contributed by atoms with Gasteiger partial charge in [-0.1, -0.05) is 17.3 Å². The summed E-state index contributed by atoms with van der Waals surface area (Å²) in [6.07, 6.45) is 1.79. The van der Waals surface area contributed by atoms with Crippen LogP contribution in [0, 0.1) is 5.82 Å². The average Bonchev–Trinajstić information content (AvgIpc) is 3.26. The van der Waals surface area contributed by atoms with Crippen molar-refractivity contribution in [2.75, 3.05) is 5.73 Å². The first kappa shape index (κ1) is 14.9. The van der Waals surface area contributed by atoms with Gasteiger partial charge in [-0.05, 0) is 29.8 Å². The lowest BCUT2D eigenvalue weighted by Crippen LogP contribution is -2.06. The molecule has 0 radical (unpaired) electrons. The predicted octanol–water partition coefficient (Wildman–Crippen LogP) is 2.49. The highest BCUT2D eigenvalue weighted by Gasteiger charge is 2.16. The lowest BCUT2D eigenvalue weighted by Gasteiger charge is -2.03. The van der Waals surface area contributed by atoms with Gasteiger partial charge in [-0.15, -0.1) is 0 Å². The van der Waals surface area contributed by atoms with Crippen molar-refractivity contribution in [3.05, 3.63) is 59.9 Å². The molecule has 0 atom stereocenters. The fourth-order valence-corrected chi connectivity index (χ4v) is 2.26. The minimum Gasteiger partial charge on any atom is -0.459 e. The standard InChI is InChI=1S/C16H11FN6O2/c17-10-4-1-3-9(7-10)8-12-19-13(22-16(18)20-12)14-21-15(25-23-14)11-5-2-6-24-11/h1-7H,8H2,(H2,18,19,20,22). The van der Waals surface area contributed by atoms with Gasteiger partial charge in [0.25, 0.3) is 5.89 Å². The Kier molecular flexibility index (Phi) is 3.65. The molecule has 4 aromatic rings. The molecule has 0 aliphatic heterocycles. The largest absolute Gasteiger partial charge is 0.459 e. The van der Waals surface area contributed by atoms with E-state index in [-0.39, 0.29) is 29.3 Å². The second-order valence-electron chi connectivity index (χ2n) is 5.14. The number of nitrogens with zero attached hydrogens (tertiary/aromatic N) is 5. The van der Waals surface area contributed by atoms with E-state index in [9.17, 15) is 4.39 Å².